The Bertz CT molecular complexity index is 1310. The molecule has 0 bridgehead atoms. The van der Waals surface area contributed by atoms with E-state index in [4.69, 9.17) is 40.0 Å². The average molecular weight is 551 g/mol. The van der Waals surface area contributed by atoms with Crippen molar-refractivity contribution in [2.45, 2.75) is 43.3 Å². The molecule has 1 aliphatic carbocycles. The summed E-state index contributed by atoms with van der Waals surface area (Å²) < 4.78 is 47.9. The third-order valence-corrected chi connectivity index (χ3v) is 7.19. The van der Waals surface area contributed by atoms with Gasteiger partial charge in [-0.05, 0) is 30.5 Å². The maximum Gasteiger partial charge on any atom is 0.296 e. The largest absolute Gasteiger partial charge is 0.491 e. The number of aromatic nitrogens is 3. The summed E-state index contributed by atoms with van der Waals surface area (Å²) in [5.74, 6) is 0.506. The van der Waals surface area contributed by atoms with Crippen molar-refractivity contribution in [2.24, 2.45) is 0 Å². The van der Waals surface area contributed by atoms with Crippen LogP contribution >= 0.6 is 11.6 Å². The van der Waals surface area contributed by atoms with E-state index in [0.29, 0.717) is 59.4 Å². The van der Waals surface area contributed by atoms with Crippen molar-refractivity contribution in [3.63, 3.8) is 0 Å². The van der Waals surface area contributed by atoms with Crippen molar-refractivity contribution < 1.29 is 37.9 Å². The van der Waals surface area contributed by atoms with E-state index in [1.54, 1.807) is 13.2 Å². The molecule has 204 valence electrons. The monoisotopic (exact) mass is 550 g/mol. The zero-order valence-corrected chi connectivity index (χ0v) is 21.4. The van der Waals surface area contributed by atoms with Gasteiger partial charge in [0.15, 0.2) is 11.8 Å². The molecule has 3 N–H and O–H groups in total. The second-order valence-electron chi connectivity index (χ2n) is 9.43. The summed E-state index contributed by atoms with van der Waals surface area (Å²) in [4.78, 5) is 12.1. The third kappa shape index (κ3) is 4.99. The van der Waals surface area contributed by atoms with Crippen LogP contribution in [0.25, 0.3) is 11.2 Å². The minimum absolute atomic E-state index is 0.181. The molecule has 1 unspecified atom stereocenters. The van der Waals surface area contributed by atoms with E-state index in [0.717, 1.165) is 5.56 Å². The van der Waals surface area contributed by atoms with Gasteiger partial charge in [0.1, 0.15) is 49.1 Å². The molecule has 0 amide bonds. The lowest BCUT2D eigenvalue weighted by molar-refractivity contribution is -0.0387. The van der Waals surface area contributed by atoms with E-state index in [1.165, 1.54) is 6.07 Å². The van der Waals surface area contributed by atoms with Gasteiger partial charge in [0.2, 0.25) is 0 Å². The molecule has 11 nitrogen and oxygen atoms in total. The molecule has 2 fully saturated rings. The highest BCUT2D eigenvalue weighted by molar-refractivity contribution is 6.33. The van der Waals surface area contributed by atoms with Gasteiger partial charge in [-0.2, -0.15) is 4.98 Å². The van der Waals surface area contributed by atoms with Crippen LogP contribution in [0.3, 0.4) is 0 Å². The van der Waals surface area contributed by atoms with Gasteiger partial charge in [0.05, 0.1) is 36.4 Å². The first-order valence-corrected chi connectivity index (χ1v) is 12.8. The fourth-order valence-electron chi connectivity index (χ4n) is 5.18. The molecule has 38 heavy (non-hydrogen) atoms. The smallest absolute Gasteiger partial charge is 0.296 e. The minimum Gasteiger partial charge on any atom is -0.491 e. The summed E-state index contributed by atoms with van der Waals surface area (Å²) in [7, 11) is 1.54. The van der Waals surface area contributed by atoms with Crippen LogP contribution in [0, 0.1) is 5.82 Å². The number of nitrogens with one attached hydrogen (secondary N) is 2. The number of methoxy groups -OCH3 is 1. The summed E-state index contributed by atoms with van der Waals surface area (Å²) in [6, 6.07) is 4.88. The van der Waals surface area contributed by atoms with E-state index < -0.39 is 18.3 Å². The lowest BCUT2D eigenvalue weighted by Gasteiger charge is -2.17. The van der Waals surface area contributed by atoms with Crippen LogP contribution in [-0.2, 0) is 25.4 Å². The normalized spacial score (nSPS) is 26.1. The third-order valence-electron chi connectivity index (χ3n) is 6.90. The molecule has 0 spiro atoms. The Morgan fingerprint density at radius 3 is 2.92 bits per heavy atom. The Hall–Kier alpha value is -2.74. The van der Waals surface area contributed by atoms with Crippen molar-refractivity contribution in [3.05, 3.63) is 40.2 Å². The summed E-state index contributed by atoms with van der Waals surface area (Å²) in [6.45, 7) is 1.31. The number of H-pyrrole nitrogens is 1. The van der Waals surface area contributed by atoms with Crippen LogP contribution in [0.2, 0.25) is 5.02 Å². The molecule has 5 atom stereocenters. The number of ether oxygens (including phenoxy) is 6. The molecule has 13 heteroatoms. The first kappa shape index (κ1) is 25.5. The molecule has 0 radical (unpaired) electrons. The van der Waals surface area contributed by atoms with Crippen molar-refractivity contribution in [2.75, 3.05) is 45.6 Å². The Morgan fingerprint density at radius 1 is 1.18 bits per heavy atom. The van der Waals surface area contributed by atoms with Crippen LogP contribution in [0.4, 0.5) is 10.2 Å². The first-order chi connectivity index (χ1) is 18.5. The van der Waals surface area contributed by atoms with E-state index >= 15 is 4.39 Å². The molecule has 0 saturated carbocycles. The van der Waals surface area contributed by atoms with Gasteiger partial charge in [-0.25, -0.2) is 9.37 Å². The Labute approximate surface area is 222 Å². The van der Waals surface area contributed by atoms with Gasteiger partial charge in [0.25, 0.3) is 6.01 Å². The first-order valence-electron chi connectivity index (χ1n) is 12.4. The number of halogens is 2. The van der Waals surface area contributed by atoms with E-state index in [9.17, 15) is 5.11 Å². The lowest BCUT2D eigenvalue weighted by atomic mass is 10.1. The number of nitrogens with zero attached hydrogens (tertiary/aromatic N) is 2. The number of hydrogen-bond acceptors (Lipinski definition) is 10. The van der Waals surface area contributed by atoms with Crippen molar-refractivity contribution in [1.29, 1.82) is 0 Å². The molecule has 2 aliphatic heterocycles. The van der Waals surface area contributed by atoms with Crippen molar-refractivity contribution in [1.82, 2.24) is 15.0 Å². The molecule has 3 aliphatic rings. The van der Waals surface area contributed by atoms with Gasteiger partial charge >= 0.3 is 0 Å². The second kappa shape index (κ2) is 10.8. The van der Waals surface area contributed by atoms with Crippen LogP contribution in [0.5, 0.6) is 11.8 Å². The zero-order valence-electron chi connectivity index (χ0n) is 20.6. The predicted molar refractivity (Wildman–Crippen MR) is 133 cm³/mol. The molecule has 2 aromatic heterocycles. The Kier molecular flexibility index (Phi) is 7.25. The molecule has 4 heterocycles. The number of benzene rings is 1. The number of pyridine rings is 1. The van der Waals surface area contributed by atoms with Gasteiger partial charge in [0, 0.05) is 18.7 Å². The number of imidazole rings is 1. The predicted octanol–water partition coefficient (Wildman–Crippen LogP) is 2.75. The topological polar surface area (TPSA) is 129 Å². The number of fused-ring (bicyclic) bond motifs is 3. The molecule has 6 rings (SSSR count). The molecule has 3 aromatic rings. The number of aromatic amines is 1. The SMILES string of the molecule is COCOCCOc1cc(F)c2c(c1)CCC2Nc1nc2nc(O[C@@H]3CO[C@H]4[C@@H]3OC[C@H]4O)[nH]c2cc1Cl. The van der Waals surface area contributed by atoms with Crippen LogP contribution in [0.1, 0.15) is 23.6 Å². The summed E-state index contributed by atoms with van der Waals surface area (Å²) in [5, 5.41) is 13.6. The highest BCUT2D eigenvalue weighted by Crippen LogP contribution is 2.39. The van der Waals surface area contributed by atoms with Gasteiger partial charge < -0.3 is 43.8 Å². The van der Waals surface area contributed by atoms with Gasteiger partial charge in [-0.15, -0.1) is 0 Å². The zero-order chi connectivity index (χ0) is 26.2. The minimum atomic E-state index is -0.663. The second-order valence-corrected chi connectivity index (χ2v) is 9.84. The number of rotatable bonds is 10. The molecular weight excluding hydrogens is 523 g/mol. The van der Waals surface area contributed by atoms with E-state index in [1.807, 2.05) is 6.07 Å². The maximum atomic E-state index is 15.1. The number of aliphatic hydroxyl groups is 1. The lowest BCUT2D eigenvalue weighted by Crippen LogP contribution is -2.34. The number of aliphatic hydroxyl groups excluding tert-OH is 1. The number of hydrogen-bond donors (Lipinski definition) is 3. The Balaban J connectivity index is 1.14. The van der Waals surface area contributed by atoms with E-state index in [-0.39, 0.29) is 44.0 Å². The van der Waals surface area contributed by atoms with Crippen LogP contribution in [-0.4, -0.2) is 84.8 Å². The number of aryl methyl sites for hydroxylation is 1. The molecule has 1 aromatic carbocycles. The number of anilines is 1. The van der Waals surface area contributed by atoms with Crippen molar-refractivity contribution >= 4 is 28.6 Å². The van der Waals surface area contributed by atoms with Crippen LogP contribution < -0.4 is 14.8 Å². The fraction of sp³-hybridized carbons (Fsp3) is 0.520. The van der Waals surface area contributed by atoms with Crippen molar-refractivity contribution in [3.8, 4) is 11.8 Å². The highest BCUT2D eigenvalue weighted by Gasteiger charge is 2.48. The van der Waals surface area contributed by atoms with E-state index in [2.05, 4.69) is 20.3 Å². The summed E-state index contributed by atoms with van der Waals surface area (Å²) >= 11 is 6.52. The fourth-order valence-corrected chi connectivity index (χ4v) is 5.39. The Morgan fingerprint density at radius 2 is 2.05 bits per heavy atom. The van der Waals surface area contributed by atoms with Gasteiger partial charge in [-0.3, -0.25) is 0 Å². The quantitative estimate of drug-likeness (QED) is 0.256. The summed E-state index contributed by atoms with van der Waals surface area (Å²) in [5.41, 5.74) is 2.44. The maximum absolute atomic E-state index is 15.1. The molecular formula is C25H28ClFN4O7. The van der Waals surface area contributed by atoms with Crippen LogP contribution in [0.15, 0.2) is 18.2 Å². The average Bonchev–Trinajstić information content (AvgIpc) is 3.66. The summed E-state index contributed by atoms with van der Waals surface area (Å²) in [6.07, 6.45) is -0.476. The molecule has 2 saturated heterocycles. The standard InChI is InChI=1S/C25H28ClFN4O7/c1-33-11-34-4-5-35-13-6-12-2-3-16(20(12)15(27)7-13)28-23-14(26)8-17-24(30-23)31-25(29-17)38-19-10-37-21-18(32)9-36-22(19)21/h6-8,16,18-19,21-22,32H,2-5,9-11H2,1H3,(H2,28,29,30,31)/t16?,18-,19-,21-,22-/m1/s1. The highest BCUT2D eigenvalue weighted by atomic mass is 35.5. The van der Waals surface area contributed by atoms with Gasteiger partial charge in [-0.1, -0.05) is 11.6 Å².